The van der Waals surface area contributed by atoms with Crippen LogP contribution in [0.4, 0.5) is 0 Å². The predicted molar refractivity (Wildman–Crippen MR) is 273 cm³/mol. The van der Waals surface area contributed by atoms with Crippen molar-refractivity contribution in [3.05, 3.63) is 117 Å². The van der Waals surface area contributed by atoms with E-state index in [1.165, 1.54) is 22.3 Å². The molecule has 0 amide bonds. The second-order valence-corrected chi connectivity index (χ2v) is 30.6. The van der Waals surface area contributed by atoms with E-state index in [9.17, 15) is 4.89 Å². The van der Waals surface area contributed by atoms with E-state index < -0.39 is 16.1 Å². The summed E-state index contributed by atoms with van der Waals surface area (Å²) in [6.07, 6.45) is 0. The van der Waals surface area contributed by atoms with Gasteiger partial charge in [0.25, 0.3) is 0 Å². The molecule has 0 aliphatic carbocycles. The predicted octanol–water partition coefficient (Wildman–Crippen LogP) is 15.3. The Bertz CT molecular complexity index is 2040. The Hall–Kier alpha value is -2.54. The van der Waals surface area contributed by atoms with Gasteiger partial charge in [0, 0.05) is 0 Å². The van der Waals surface area contributed by atoms with Crippen molar-refractivity contribution in [1.29, 1.82) is 0 Å². The molecule has 1 unspecified atom stereocenters. The van der Waals surface area contributed by atoms with Crippen LogP contribution in [0.25, 0.3) is 0 Å². The molecular weight excluding hydrogens is 783 g/mol. The zero-order chi connectivity index (χ0) is 47.0. The monoisotopic (exact) mass is 869 g/mol. The van der Waals surface area contributed by atoms with Gasteiger partial charge in [0.05, 0.1) is 0 Å². The summed E-state index contributed by atoms with van der Waals surface area (Å²) in [7, 11) is -5.79. The van der Waals surface area contributed by atoms with E-state index in [-0.39, 0.29) is 43.3 Å². The molecule has 0 saturated heterocycles. The van der Waals surface area contributed by atoms with Gasteiger partial charge < -0.3 is 0 Å². The van der Waals surface area contributed by atoms with Gasteiger partial charge in [0.2, 0.25) is 0 Å². The van der Waals surface area contributed by atoms with Crippen molar-refractivity contribution in [3.63, 3.8) is 0 Å². The molecule has 4 rings (SSSR count). The summed E-state index contributed by atoms with van der Waals surface area (Å²) in [4.78, 5) is 12.0. The molecule has 0 aliphatic rings. The van der Waals surface area contributed by atoms with E-state index >= 15 is 0 Å². The maximum atomic E-state index is 12.0. The van der Waals surface area contributed by atoms with Gasteiger partial charge in [-0.3, -0.25) is 0 Å². The molecule has 1 atom stereocenters. The minimum atomic E-state index is -4.90. The average Bonchev–Trinajstić information content (AvgIpc) is 3.07. The average molecular weight is 869 g/mol. The SMILES string of the molecule is CC(C)(C)c1ccc(OP(OPO)(c2ccc(C(C)(C)C)cc2C(C)(C)C)(c2ccc(C(C)(C)C)cc2C(C)(C)C)c2ccc(C(C)(C)C)cc2C(C)(C)C)c(C(C)(C)C)c1. The Morgan fingerprint density at radius 3 is 0.820 bits per heavy atom. The molecule has 0 fully saturated rings. The van der Waals surface area contributed by atoms with E-state index in [4.69, 9.17) is 8.83 Å². The van der Waals surface area contributed by atoms with Gasteiger partial charge in [-0.1, -0.05) is 0 Å². The summed E-state index contributed by atoms with van der Waals surface area (Å²) in [5, 5.41) is 2.99. The topological polar surface area (TPSA) is 38.7 Å². The molecule has 0 aromatic heterocycles. The number of benzene rings is 4. The third-order valence-corrected chi connectivity index (χ3v) is 18.5. The Balaban J connectivity index is 2.66. The van der Waals surface area contributed by atoms with Crippen molar-refractivity contribution in [2.24, 2.45) is 0 Å². The maximum absolute atomic E-state index is 12.0. The zero-order valence-electron chi connectivity index (χ0n) is 43.1. The molecule has 4 aromatic rings. The fourth-order valence-electron chi connectivity index (χ4n) is 8.50. The van der Waals surface area contributed by atoms with Crippen LogP contribution in [0.1, 0.15) is 211 Å². The molecule has 61 heavy (non-hydrogen) atoms. The second-order valence-electron chi connectivity index (χ2n) is 26.1. The molecule has 1 N–H and O–H groups in total. The van der Waals surface area contributed by atoms with Crippen LogP contribution in [0, 0.1) is 0 Å². The normalized spacial score (nSPS) is 15.0. The van der Waals surface area contributed by atoms with Gasteiger partial charge in [-0.05, 0) is 0 Å². The molecule has 5 heteroatoms. The number of rotatable bonds is 7. The van der Waals surface area contributed by atoms with E-state index in [2.05, 4.69) is 239 Å². The second kappa shape index (κ2) is 16.2. The fraction of sp³-hybridized carbons (Fsp3) is 0.571. The van der Waals surface area contributed by atoms with Crippen molar-refractivity contribution >= 4 is 32.0 Å². The first-order valence-corrected chi connectivity index (χ1v) is 25.5. The van der Waals surface area contributed by atoms with Crippen LogP contribution in [-0.2, 0) is 47.6 Å². The van der Waals surface area contributed by atoms with Crippen LogP contribution < -0.4 is 20.4 Å². The molecule has 0 heterocycles. The van der Waals surface area contributed by atoms with Crippen molar-refractivity contribution in [2.45, 2.75) is 209 Å². The van der Waals surface area contributed by atoms with E-state index in [0.29, 0.717) is 0 Å². The van der Waals surface area contributed by atoms with Crippen LogP contribution >= 0.6 is 16.1 Å². The van der Waals surface area contributed by atoms with E-state index in [1.807, 2.05) is 0 Å². The number of hydrogen-bond donors (Lipinski definition) is 1. The van der Waals surface area contributed by atoms with Crippen LogP contribution in [0.15, 0.2) is 72.8 Å². The zero-order valence-corrected chi connectivity index (χ0v) is 45.0. The third-order valence-electron chi connectivity index (χ3n) is 12.5. The summed E-state index contributed by atoms with van der Waals surface area (Å²) >= 11 is 0. The summed E-state index contributed by atoms with van der Waals surface area (Å²) in [6.45, 7) is 55.0. The van der Waals surface area contributed by atoms with Gasteiger partial charge in [0.15, 0.2) is 0 Å². The molecule has 3 nitrogen and oxygen atoms in total. The molecule has 0 saturated carbocycles. The van der Waals surface area contributed by atoms with Gasteiger partial charge >= 0.3 is 378 Å². The van der Waals surface area contributed by atoms with Crippen LogP contribution in [0.3, 0.4) is 0 Å². The molecule has 0 spiro atoms. The first kappa shape index (κ1) is 51.1. The summed E-state index contributed by atoms with van der Waals surface area (Å²) < 4.78 is 16.4. The first-order valence-electron chi connectivity index (χ1n) is 22.6. The Morgan fingerprint density at radius 1 is 0.344 bits per heavy atom. The molecular formula is C56H86O3P2. The molecule has 4 aromatic carbocycles. The van der Waals surface area contributed by atoms with Crippen molar-refractivity contribution in [3.8, 4) is 5.75 Å². The van der Waals surface area contributed by atoms with Gasteiger partial charge in [-0.2, -0.15) is 0 Å². The molecule has 0 aliphatic heterocycles. The molecule has 0 bridgehead atoms. The molecule has 338 valence electrons. The van der Waals surface area contributed by atoms with Crippen LogP contribution in [0.5, 0.6) is 5.75 Å². The number of hydrogen-bond acceptors (Lipinski definition) is 3. The quantitative estimate of drug-likeness (QED) is 0.188. The van der Waals surface area contributed by atoms with Crippen molar-refractivity contribution in [2.75, 3.05) is 0 Å². The summed E-state index contributed by atoms with van der Waals surface area (Å²) in [5.74, 6) is 0.774. The summed E-state index contributed by atoms with van der Waals surface area (Å²) in [5.41, 5.74) is 7.74. The fourth-order valence-corrected chi connectivity index (χ4v) is 15.6. The van der Waals surface area contributed by atoms with Gasteiger partial charge in [-0.25, -0.2) is 0 Å². The first-order chi connectivity index (χ1) is 27.2. The standard InChI is InChI=1S/C56H86O3P2/c1-49(2,3)37-25-29-45(41(33-37)53(13,14)15)58-61(59-60-57,46-30-26-38(50(4,5)6)34-42(46)54(16,17)18,47-31-27-39(51(7,8)9)35-43(47)55(19,20)21)48-32-28-40(52(10,11)12)36-44(48)56(22,23)24/h25-36,57,60H,1-24H3. The Kier molecular flexibility index (Phi) is 13.5. The van der Waals surface area contributed by atoms with Gasteiger partial charge in [0.1, 0.15) is 0 Å². The minimum absolute atomic E-state index is 0.0837. The Labute approximate surface area is 376 Å². The third kappa shape index (κ3) is 10.1. The summed E-state index contributed by atoms with van der Waals surface area (Å²) in [6, 6.07) is 27.9. The van der Waals surface area contributed by atoms with Crippen LogP contribution in [0.2, 0.25) is 0 Å². The van der Waals surface area contributed by atoms with E-state index in [1.54, 1.807) is 0 Å². The van der Waals surface area contributed by atoms with Crippen molar-refractivity contribution in [1.82, 2.24) is 0 Å². The van der Waals surface area contributed by atoms with Crippen molar-refractivity contribution < 1.29 is 13.7 Å². The Morgan fingerprint density at radius 2 is 0.590 bits per heavy atom. The van der Waals surface area contributed by atoms with Crippen LogP contribution in [-0.4, -0.2) is 4.89 Å². The van der Waals surface area contributed by atoms with Gasteiger partial charge in [-0.15, -0.1) is 0 Å². The van der Waals surface area contributed by atoms with E-state index in [0.717, 1.165) is 43.9 Å². The molecule has 0 radical (unpaired) electrons.